The summed E-state index contributed by atoms with van der Waals surface area (Å²) in [5.41, 5.74) is 2.32. The van der Waals surface area contributed by atoms with Gasteiger partial charge in [0, 0.05) is 18.3 Å². The van der Waals surface area contributed by atoms with E-state index < -0.39 is 17.6 Å². The van der Waals surface area contributed by atoms with Gasteiger partial charge in [-0.25, -0.2) is 9.29 Å². The largest absolute Gasteiger partial charge is 0.350 e. The van der Waals surface area contributed by atoms with Crippen molar-refractivity contribution < 1.29 is 18.8 Å². The molecule has 0 atom stereocenters. The van der Waals surface area contributed by atoms with Crippen LogP contribution in [0.15, 0.2) is 84.6 Å². The lowest BCUT2D eigenvalue weighted by Gasteiger charge is -2.16. The molecular weight excluding hydrogens is 397 g/mol. The average molecular weight is 415 g/mol. The van der Waals surface area contributed by atoms with Crippen molar-refractivity contribution in [1.29, 1.82) is 0 Å². The topological polar surface area (TPSA) is 78.5 Å². The molecule has 1 aliphatic heterocycles. The van der Waals surface area contributed by atoms with Gasteiger partial charge in [-0.2, -0.15) is 0 Å². The van der Waals surface area contributed by atoms with Gasteiger partial charge in [-0.1, -0.05) is 30.3 Å². The zero-order chi connectivity index (χ0) is 22.0. The number of nitrogens with one attached hydrogen (secondary N) is 2. The van der Waals surface area contributed by atoms with Crippen molar-refractivity contribution in [2.75, 3.05) is 15.5 Å². The minimum absolute atomic E-state index is 0.105. The van der Waals surface area contributed by atoms with Gasteiger partial charge in [0.2, 0.25) is 5.91 Å². The second-order valence-corrected chi connectivity index (χ2v) is 6.92. The van der Waals surface area contributed by atoms with E-state index in [0.717, 1.165) is 4.90 Å². The van der Waals surface area contributed by atoms with E-state index in [1.54, 1.807) is 48.5 Å². The standard InChI is InChI=1S/C24H18FN3O3/c1-15(29)26-18-11-13-20(14-12-18)28-23(30)21(16-5-3-2-4-6-16)22(24(28)31)27-19-9-7-17(25)8-10-19/h2-14,27H,1H3,(H,26,29). The lowest BCUT2D eigenvalue weighted by Crippen LogP contribution is -2.32. The molecule has 0 aromatic heterocycles. The molecule has 0 aliphatic carbocycles. The molecule has 0 saturated carbocycles. The Balaban J connectivity index is 1.73. The van der Waals surface area contributed by atoms with E-state index in [2.05, 4.69) is 10.6 Å². The number of imide groups is 1. The van der Waals surface area contributed by atoms with Gasteiger partial charge in [-0.3, -0.25) is 14.4 Å². The number of anilines is 3. The van der Waals surface area contributed by atoms with E-state index in [1.165, 1.54) is 31.2 Å². The maximum absolute atomic E-state index is 13.3. The Morgan fingerprint density at radius 1 is 0.806 bits per heavy atom. The van der Waals surface area contributed by atoms with Gasteiger partial charge < -0.3 is 10.6 Å². The summed E-state index contributed by atoms with van der Waals surface area (Å²) in [6, 6.07) is 20.8. The highest BCUT2D eigenvalue weighted by Gasteiger charge is 2.40. The minimum atomic E-state index is -0.527. The monoisotopic (exact) mass is 415 g/mol. The fourth-order valence-corrected chi connectivity index (χ4v) is 3.33. The summed E-state index contributed by atoms with van der Waals surface area (Å²) in [5.74, 6) is -1.63. The van der Waals surface area contributed by atoms with E-state index in [1.807, 2.05) is 6.07 Å². The highest BCUT2D eigenvalue weighted by Crippen LogP contribution is 2.34. The zero-order valence-corrected chi connectivity index (χ0v) is 16.6. The van der Waals surface area contributed by atoms with Crippen molar-refractivity contribution >= 4 is 40.4 Å². The van der Waals surface area contributed by atoms with E-state index >= 15 is 0 Å². The molecule has 3 amide bonds. The number of hydrogen-bond donors (Lipinski definition) is 2. The van der Waals surface area contributed by atoms with Crippen molar-refractivity contribution in [2.45, 2.75) is 6.92 Å². The number of carbonyl (C=O) groups excluding carboxylic acids is 3. The quantitative estimate of drug-likeness (QED) is 0.613. The lowest BCUT2D eigenvalue weighted by atomic mass is 10.0. The third-order valence-electron chi connectivity index (χ3n) is 4.71. The molecule has 0 saturated heterocycles. The van der Waals surface area contributed by atoms with E-state index in [0.29, 0.717) is 22.6 Å². The Labute approximate surface area is 178 Å². The highest BCUT2D eigenvalue weighted by atomic mass is 19.1. The Bertz CT molecular complexity index is 1190. The fraction of sp³-hybridized carbons (Fsp3) is 0.0417. The molecule has 3 aromatic rings. The number of hydrogen-bond acceptors (Lipinski definition) is 4. The third kappa shape index (κ3) is 4.06. The van der Waals surface area contributed by atoms with Gasteiger partial charge in [-0.15, -0.1) is 0 Å². The molecule has 1 aliphatic rings. The molecule has 1 heterocycles. The van der Waals surface area contributed by atoms with Crippen LogP contribution in [0.4, 0.5) is 21.5 Å². The number of nitrogens with zero attached hydrogens (tertiary/aromatic N) is 1. The van der Waals surface area contributed by atoms with Crippen molar-refractivity contribution in [1.82, 2.24) is 0 Å². The number of rotatable bonds is 5. The molecule has 2 N–H and O–H groups in total. The summed E-state index contributed by atoms with van der Waals surface area (Å²) in [6.45, 7) is 1.39. The predicted octanol–water partition coefficient (Wildman–Crippen LogP) is 4.18. The van der Waals surface area contributed by atoms with E-state index in [9.17, 15) is 18.8 Å². The number of amides is 3. The first-order chi connectivity index (χ1) is 14.9. The molecule has 6 nitrogen and oxygen atoms in total. The fourth-order valence-electron chi connectivity index (χ4n) is 3.33. The maximum atomic E-state index is 13.3. The van der Waals surface area contributed by atoms with Gasteiger partial charge in [0.25, 0.3) is 11.8 Å². The van der Waals surface area contributed by atoms with Crippen LogP contribution < -0.4 is 15.5 Å². The molecule has 0 radical (unpaired) electrons. The van der Waals surface area contributed by atoms with Crippen LogP contribution in [0.2, 0.25) is 0 Å². The number of benzene rings is 3. The molecule has 4 rings (SSSR count). The summed E-state index contributed by atoms with van der Waals surface area (Å²) in [4.78, 5) is 38.9. The van der Waals surface area contributed by atoms with Crippen molar-refractivity contribution in [3.63, 3.8) is 0 Å². The van der Waals surface area contributed by atoms with Crippen LogP contribution in [0.25, 0.3) is 5.57 Å². The normalized spacial score (nSPS) is 13.5. The van der Waals surface area contributed by atoms with Crippen LogP contribution in [0.5, 0.6) is 0 Å². The third-order valence-corrected chi connectivity index (χ3v) is 4.71. The molecule has 7 heteroatoms. The second kappa shape index (κ2) is 8.23. The summed E-state index contributed by atoms with van der Waals surface area (Å²) in [6.07, 6.45) is 0. The Hall–Kier alpha value is -4.26. The molecule has 154 valence electrons. The van der Waals surface area contributed by atoms with Gasteiger partial charge in [-0.05, 0) is 54.1 Å². The highest BCUT2D eigenvalue weighted by molar-refractivity contribution is 6.46. The second-order valence-electron chi connectivity index (χ2n) is 6.92. The van der Waals surface area contributed by atoms with Gasteiger partial charge in [0.15, 0.2) is 0 Å². The SMILES string of the molecule is CC(=O)Nc1ccc(N2C(=O)C(Nc3ccc(F)cc3)=C(c3ccccc3)C2=O)cc1. The Morgan fingerprint density at radius 3 is 2.03 bits per heavy atom. The van der Waals surface area contributed by atoms with Crippen molar-refractivity contribution in [3.8, 4) is 0 Å². The van der Waals surface area contributed by atoms with Crippen LogP contribution >= 0.6 is 0 Å². The van der Waals surface area contributed by atoms with Crippen molar-refractivity contribution in [2.24, 2.45) is 0 Å². The van der Waals surface area contributed by atoms with Crippen LogP contribution in [0.3, 0.4) is 0 Å². The van der Waals surface area contributed by atoms with Gasteiger partial charge in [0.05, 0.1) is 11.3 Å². The maximum Gasteiger partial charge on any atom is 0.282 e. The first-order valence-electron chi connectivity index (χ1n) is 9.53. The molecular formula is C24H18FN3O3. The predicted molar refractivity (Wildman–Crippen MR) is 117 cm³/mol. The number of carbonyl (C=O) groups is 3. The van der Waals surface area contributed by atoms with Crippen molar-refractivity contribution in [3.05, 3.63) is 95.9 Å². The van der Waals surface area contributed by atoms with Crippen LogP contribution in [-0.4, -0.2) is 17.7 Å². The first kappa shape index (κ1) is 20.0. The molecule has 0 bridgehead atoms. The molecule has 0 fully saturated rings. The molecule has 3 aromatic carbocycles. The zero-order valence-electron chi connectivity index (χ0n) is 16.6. The van der Waals surface area contributed by atoms with Crippen LogP contribution in [0.1, 0.15) is 12.5 Å². The van der Waals surface area contributed by atoms with Gasteiger partial charge in [0.1, 0.15) is 11.5 Å². The van der Waals surface area contributed by atoms with E-state index in [-0.39, 0.29) is 17.2 Å². The molecule has 0 spiro atoms. The van der Waals surface area contributed by atoms with E-state index in [4.69, 9.17) is 0 Å². The van der Waals surface area contributed by atoms with Gasteiger partial charge >= 0.3 is 0 Å². The summed E-state index contributed by atoms with van der Waals surface area (Å²) in [7, 11) is 0. The molecule has 31 heavy (non-hydrogen) atoms. The Morgan fingerprint density at radius 2 is 1.42 bits per heavy atom. The minimum Gasteiger partial charge on any atom is -0.350 e. The smallest absolute Gasteiger partial charge is 0.282 e. The first-order valence-corrected chi connectivity index (χ1v) is 9.53. The lowest BCUT2D eigenvalue weighted by molar-refractivity contribution is -0.120. The average Bonchev–Trinajstić information content (AvgIpc) is 3.00. The summed E-state index contributed by atoms with van der Waals surface area (Å²) >= 11 is 0. The van der Waals surface area contributed by atoms with Crippen LogP contribution in [-0.2, 0) is 14.4 Å². The summed E-state index contributed by atoms with van der Waals surface area (Å²) < 4.78 is 13.3. The molecule has 0 unspecified atom stereocenters. The number of halogens is 1. The van der Waals surface area contributed by atoms with Crippen LogP contribution in [0, 0.1) is 5.82 Å². The Kier molecular flexibility index (Phi) is 5.32. The summed E-state index contributed by atoms with van der Waals surface area (Å²) in [5, 5.41) is 5.62.